The van der Waals surface area contributed by atoms with Gasteiger partial charge in [-0.15, -0.1) is 0 Å². The van der Waals surface area contributed by atoms with Crippen LogP contribution in [0, 0.1) is 0 Å². The molecule has 2 rings (SSSR count). The maximum atomic E-state index is 12.3. The lowest BCUT2D eigenvalue weighted by Gasteiger charge is -2.13. The zero-order chi connectivity index (χ0) is 20.0. The summed E-state index contributed by atoms with van der Waals surface area (Å²) in [5.74, 6) is -2.39. The van der Waals surface area contributed by atoms with E-state index in [1.807, 2.05) is 0 Å². The van der Waals surface area contributed by atoms with E-state index in [9.17, 15) is 22.8 Å². The van der Waals surface area contributed by atoms with Crippen LogP contribution in [0.25, 0.3) is 0 Å². The first kappa shape index (κ1) is 20.3. The molecule has 0 heterocycles. The van der Waals surface area contributed by atoms with Crippen LogP contribution in [-0.2, 0) is 19.4 Å². The Kier molecular flexibility index (Phi) is 6.46. The van der Waals surface area contributed by atoms with E-state index in [-0.39, 0.29) is 5.78 Å². The second-order valence-corrected chi connectivity index (χ2v) is 8.31. The van der Waals surface area contributed by atoms with Gasteiger partial charge in [0.2, 0.25) is 11.8 Å². The number of anilines is 2. The van der Waals surface area contributed by atoms with E-state index in [1.54, 1.807) is 30.3 Å². The molecule has 0 saturated heterocycles. The summed E-state index contributed by atoms with van der Waals surface area (Å²) in [7, 11) is -4.00. The van der Waals surface area contributed by atoms with Crippen LogP contribution >= 0.6 is 0 Å². The monoisotopic (exact) mass is 388 g/mol. The molecule has 7 nitrogen and oxygen atoms in total. The third-order valence-corrected chi connectivity index (χ3v) is 5.81. The van der Waals surface area contributed by atoms with Crippen LogP contribution in [0.4, 0.5) is 11.4 Å². The van der Waals surface area contributed by atoms with E-state index in [0.717, 1.165) is 0 Å². The predicted molar refractivity (Wildman–Crippen MR) is 103 cm³/mol. The molecule has 2 amide bonds. The van der Waals surface area contributed by atoms with Crippen LogP contribution in [-0.4, -0.2) is 37.0 Å². The summed E-state index contributed by atoms with van der Waals surface area (Å²) < 4.78 is 24.7. The number of ketones is 1. The molecule has 2 aromatic rings. The molecule has 0 aromatic heterocycles. The topological polar surface area (TPSA) is 109 Å². The third-order valence-electron chi connectivity index (χ3n) is 3.86. The van der Waals surface area contributed by atoms with Crippen molar-refractivity contribution >= 4 is 38.8 Å². The number of Topliss-reactive ketones (excluding diaryl/α,β-unsaturated/α-hetero) is 1. The lowest BCUT2D eigenvalue weighted by atomic mass is 10.1. The summed E-state index contributed by atoms with van der Waals surface area (Å²) in [4.78, 5) is 35.4. The van der Waals surface area contributed by atoms with E-state index >= 15 is 0 Å². The molecule has 0 aliphatic carbocycles. The normalized spacial score (nSPS) is 12.1. The van der Waals surface area contributed by atoms with Crippen molar-refractivity contribution in [2.75, 3.05) is 16.4 Å². The van der Waals surface area contributed by atoms with Gasteiger partial charge in [0.05, 0.1) is 0 Å². The maximum Gasteiger partial charge on any atom is 0.242 e. The summed E-state index contributed by atoms with van der Waals surface area (Å²) >= 11 is 0. The summed E-state index contributed by atoms with van der Waals surface area (Å²) in [6.07, 6.45) is 0. The van der Waals surface area contributed by atoms with Crippen molar-refractivity contribution in [2.45, 2.75) is 19.1 Å². The molecule has 0 radical (unpaired) electrons. The van der Waals surface area contributed by atoms with Crippen molar-refractivity contribution in [3.8, 4) is 0 Å². The van der Waals surface area contributed by atoms with Gasteiger partial charge in [-0.1, -0.05) is 18.2 Å². The summed E-state index contributed by atoms with van der Waals surface area (Å²) in [6.45, 7) is 2.65. The fourth-order valence-corrected chi connectivity index (χ4v) is 3.29. The van der Waals surface area contributed by atoms with E-state index in [2.05, 4.69) is 10.6 Å². The van der Waals surface area contributed by atoms with Crippen LogP contribution in [0.5, 0.6) is 0 Å². The first-order valence-corrected chi connectivity index (χ1v) is 9.89. The molecular weight excluding hydrogens is 368 g/mol. The van der Waals surface area contributed by atoms with E-state index in [0.29, 0.717) is 16.9 Å². The Morgan fingerprint density at radius 3 is 2.00 bits per heavy atom. The van der Waals surface area contributed by atoms with Gasteiger partial charge in [-0.25, -0.2) is 8.42 Å². The molecule has 0 aliphatic heterocycles. The van der Waals surface area contributed by atoms with Gasteiger partial charge >= 0.3 is 0 Å². The first-order chi connectivity index (χ1) is 12.7. The average molecular weight is 388 g/mol. The number of nitrogens with one attached hydrogen (secondary N) is 2. The van der Waals surface area contributed by atoms with Crippen molar-refractivity contribution in [2.24, 2.45) is 0 Å². The minimum Gasteiger partial charge on any atom is -0.325 e. The number of benzene rings is 2. The standard InChI is InChI=1S/C19H20N2O5S/c1-13(22)15-8-10-17(11-9-15)21-19(24)14(2)27(25,26)12-18(23)20-16-6-4-3-5-7-16/h3-11,14H,12H2,1-2H3,(H,20,23)(H,21,24). The third kappa shape index (κ3) is 5.75. The van der Waals surface area contributed by atoms with Gasteiger partial charge in [0.15, 0.2) is 15.6 Å². The SMILES string of the molecule is CC(=O)c1ccc(NC(=O)C(C)S(=O)(=O)CC(=O)Nc2ccccc2)cc1. The Morgan fingerprint density at radius 1 is 0.889 bits per heavy atom. The number of amides is 2. The molecule has 0 aliphatic rings. The van der Waals surface area contributed by atoms with Crippen LogP contribution in [0.3, 0.4) is 0 Å². The highest BCUT2D eigenvalue weighted by atomic mass is 32.2. The Balaban J connectivity index is 1.99. The Labute approximate surface area is 157 Å². The van der Waals surface area contributed by atoms with E-state index in [4.69, 9.17) is 0 Å². The van der Waals surface area contributed by atoms with Gasteiger partial charge in [-0.3, -0.25) is 14.4 Å². The van der Waals surface area contributed by atoms with Gasteiger partial charge in [-0.05, 0) is 50.2 Å². The van der Waals surface area contributed by atoms with Crippen LogP contribution in [0.15, 0.2) is 54.6 Å². The van der Waals surface area contributed by atoms with Crippen molar-refractivity contribution < 1.29 is 22.8 Å². The van der Waals surface area contributed by atoms with Gasteiger partial charge in [0.25, 0.3) is 0 Å². The number of hydrogen-bond donors (Lipinski definition) is 2. The lowest BCUT2D eigenvalue weighted by Crippen LogP contribution is -2.37. The molecule has 0 saturated carbocycles. The minimum atomic E-state index is -4.00. The highest BCUT2D eigenvalue weighted by molar-refractivity contribution is 7.93. The molecule has 1 atom stereocenters. The first-order valence-electron chi connectivity index (χ1n) is 8.17. The van der Waals surface area contributed by atoms with E-state index < -0.39 is 32.7 Å². The fourth-order valence-electron chi connectivity index (χ4n) is 2.22. The molecular formula is C19H20N2O5S. The average Bonchev–Trinajstić information content (AvgIpc) is 2.61. The zero-order valence-corrected chi connectivity index (χ0v) is 15.7. The predicted octanol–water partition coefficient (Wildman–Crippen LogP) is 2.27. The second-order valence-electron chi connectivity index (χ2n) is 5.99. The largest absolute Gasteiger partial charge is 0.325 e. The fraction of sp³-hybridized carbons (Fsp3) is 0.211. The zero-order valence-electron chi connectivity index (χ0n) is 14.9. The summed E-state index contributed by atoms with van der Waals surface area (Å²) in [5, 5.41) is 3.54. The van der Waals surface area contributed by atoms with Gasteiger partial charge in [0, 0.05) is 16.9 Å². The van der Waals surface area contributed by atoms with Crippen LogP contribution in [0.1, 0.15) is 24.2 Å². The molecule has 8 heteroatoms. The van der Waals surface area contributed by atoms with Gasteiger partial charge in [-0.2, -0.15) is 0 Å². The van der Waals surface area contributed by atoms with Crippen molar-refractivity contribution in [1.29, 1.82) is 0 Å². The number of hydrogen-bond acceptors (Lipinski definition) is 5. The molecule has 27 heavy (non-hydrogen) atoms. The maximum absolute atomic E-state index is 12.3. The quantitative estimate of drug-likeness (QED) is 0.707. The van der Waals surface area contributed by atoms with Gasteiger partial charge < -0.3 is 10.6 Å². The highest BCUT2D eigenvalue weighted by Gasteiger charge is 2.30. The molecule has 2 N–H and O–H groups in total. The summed E-state index contributed by atoms with van der Waals surface area (Å²) in [5.41, 5.74) is 1.31. The molecule has 0 bridgehead atoms. The Morgan fingerprint density at radius 2 is 1.44 bits per heavy atom. The number of rotatable bonds is 7. The number of para-hydroxylation sites is 1. The smallest absolute Gasteiger partial charge is 0.242 e. The van der Waals surface area contributed by atoms with Crippen molar-refractivity contribution in [3.63, 3.8) is 0 Å². The van der Waals surface area contributed by atoms with Crippen molar-refractivity contribution in [3.05, 3.63) is 60.2 Å². The highest BCUT2D eigenvalue weighted by Crippen LogP contribution is 2.13. The molecule has 0 fully saturated rings. The Hall–Kier alpha value is -3.00. The lowest BCUT2D eigenvalue weighted by molar-refractivity contribution is -0.115. The summed E-state index contributed by atoms with van der Waals surface area (Å²) in [6, 6.07) is 14.5. The van der Waals surface area contributed by atoms with E-state index in [1.165, 1.54) is 38.1 Å². The number of sulfone groups is 1. The molecule has 0 spiro atoms. The van der Waals surface area contributed by atoms with Crippen LogP contribution in [0.2, 0.25) is 0 Å². The van der Waals surface area contributed by atoms with Crippen LogP contribution < -0.4 is 10.6 Å². The molecule has 1 unspecified atom stereocenters. The second kappa shape index (κ2) is 8.59. The number of carbonyl (C=O) groups excluding carboxylic acids is 3. The van der Waals surface area contributed by atoms with Crippen molar-refractivity contribution in [1.82, 2.24) is 0 Å². The minimum absolute atomic E-state index is 0.117. The molecule has 2 aromatic carbocycles. The number of carbonyl (C=O) groups is 3. The van der Waals surface area contributed by atoms with Gasteiger partial charge in [0.1, 0.15) is 11.0 Å². The Bertz CT molecular complexity index is 938. The molecule has 142 valence electrons.